The normalized spacial score (nSPS) is 11.9. The molecule has 3 nitrogen and oxygen atoms in total. The summed E-state index contributed by atoms with van der Waals surface area (Å²) >= 11 is 0. The molecule has 0 bridgehead atoms. The van der Waals surface area contributed by atoms with Crippen LogP contribution in [0.3, 0.4) is 0 Å². The lowest BCUT2D eigenvalue weighted by molar-refractivity contribution is 0.341. The number of ether oxygens (including phenoxy) is 1. The molecule has 1 atom stereocenters. The minimum atomic E-state index is 0.146. The molecule has 1 aromatic heterocycles. The van der Waals surface area contributed by atoms with Crippen LogP contribution in [0.25, 0.3) is 0 Å². The van der Waals surface area contributed by atoms with Crippen molar-refractivity contribution >= 4 is 5.69 Å². The molecule has 0 saturated heterocycles. The molecule has 0 amide bonds. The Kier molecular flexibility index (Phi) is 4.18. The van der Waals surface area contributed by atoms with Crippen molar-refractivity contribution in [3.63, 3.8) is 0 Å². The third-order valence-electron chi connectivity index (χ3n) is 2.69. The summed E-state index contributed by atoms with van der Waals surface area (Å²) in [5.41, 5.74) is 2.02. The standard InChI is InChI=1S/C15H18N2O/c1-3-18-15-10-5-4-9-14(15)17-12(2)13-8-6-7-11-16-13/h4-12,17H,3H2,1-2H3. The van der Waals surface area contributed by atoms with Crippen molar-refractivity contribution in [2.45, 2.75) is 19.9 Å². The first-order chi connectivity index (χ1) is 8.81. The third kappa shape index (κ3) is 3.00. The molecule has 94 valence electrons. The Morgan fingerprint density at radius 3 is 2.67 bits per heavy atom. The molecule has 2 rings (SSSR count). The Labute approximate surface area is 108 Å². The van der Waals surface area contributed by atoms with Gasteiger partial charge in [-0.15, -0.1) is 0 Å². The number of pyridine rings is 1. The van der Waals surface area contributed by atoms with E-state index >= 15 is 0 Å². The third-order valence-corrected chi connectivity index (χ3v) is 2.69. The molecule has 2 aromatic rings. The zero-order valence-corrected chi connectivity index (χ0v) is 10.8. The number of nitrogens with one attached hydrogen (secondary N) is 1. The molecule has 1 heterocycles. The molecule has 18 heavy (non-hydrogen) atoms. The average molecular weight is 242 g/mol. The van der Waals surface area contributed by atoms with Crippen LogP contribution in [0.5, 0.6) is 5.75 Å². The Morgan fingerprint density at radius 1 is 1.17 bits per heavy atom. The molecule has 3 heteroatoms. The van der Waals surface area contributed by atoms with Gasteiger partial charge in [0, 0.05) is 6.20 Å². The van der Waals surface area contributed by atoms with E-state index < -0.39 is 0 Å². The molecule has 1 unspecified atom stereocenters. The van der Waals surface area contributed by atoms with Gasteiger partial charge in [0.2, 0.25) is 0 Å². The van der Waals surface area contributed by atoms with Crippen LogP contribution in [0.15, 0.2) is 48.7 Å². The van der Waals surface area contributed by atoms with E-state index in [2.05, 4.69) is 17.2 Å². The zero-order chi connectivity index (χ0) is 12.8. The van der Waals surface area contributed by atoms with E-state index in [1.807, 2.05) is 55.6 Å². The largest absolute Gasteiger partial charge is 0.492 e. The lowest BCUT2D eigenvalue weighted by atomic mass is 10.2. The second-order valence-electron chi connectivity index (χ2n) is 4.05. The highest BCUT2D eigenvalue weighted by molar-refractivity contribution is 5.57. The van der Waals surface area contributed by atoms with Gasteiger partial charge in [0.15, 0.2) is 0 Å². The molecule has 0 aliphatic carbocycles. The van der Waals surface area contributed by atoms with Crippen LogP contribution in [0.2, 0.25) is 0 Å². The van der Waals surface area contributed by atoms with Crippen LogP contribution in [-0.4, -0.2) is 11.6 Å². The number of hydrogen-bond donors (Lipinski definition) is 1. The van der Waals surface area contributed by atoms with E-state index in [-0.39, 0.29) is 6.04 Å². The summed E-state index contributed by atoms with van der Waals surface area (Å²) in [5.74, 6) is 0.878. The Hall–Kier alpha value is -2.03. The van der Waals surface area contributed by atoms with E-state index in [9.17, 15) is 0 Å². The molecule has 1 aromatic carbocycles. The van der Waals surface area contributed by atoms with Crippen LogP contribution in [0.4, 0.5) is 5.69 Å². The van der Waals surface area contributed by atoms with Crippen molar-refractivity contribution in [2.75, 3.05) is 11.9 Å². The number of benzene rings is 1. The van der Waals surface area contributed by atoms with Crippen molar-refractivity contribution in [3.8, 4) is 5.75 Å². The van der Waals surface area contributed by atoms with Crippen molar-refractivity contribution < 1.29 is 4.74 Å². The number of rotatable bonds is 5. The first kappa shape index (κ1) is 12.4. The van der Waals surface area contributed by atoms with Gasteiger partial charge < -0.3 is 10.1 Å². The quantitative estimate of drug-likeness (QED) is 0.869. The maximum absolute atomic E-state index is 5.59. The molecule has 0 radical (unpaired) electrons. The van der Waals surface area contributed by atoms with Crippen LogP contribution >= 0.6 is 0 Å². The smallest absolute Gasteiger partial charge is 0.142 e. The summed E-state index contributed by atoms with van der Waals surface area (Å²) in [7, 11) is 0. The van der Waals surface area contributed by atoms with E-state index in [1.165, 1.54) is 0 Å². The van der Waals surface area contributed by atoms with Crippen molar-refractivity contribution in [1.82, 2.24) is 4.98 Å². The van der Waals surface area contributed by atoms with Gasteiger partial charge >= 0.3 is 0 Å². The SMILES string of the molecule is CCOc1ccccc1NC(C)c1ccccn1. The van der Waals surface area contributed by atoms with Gasteiger partial charge in [0.05, 0.1) is 24.0 Å². The molecule has 0 spiro atoms. The fraction of sp³-hybridized carbons (Fsp3) is 0.267. The number of aromatic nitrogens is 1. The number of nitrogens with zero attached hydrogens (tertiary/aromatic N) is 1. The van der Waals surface area contributed by atoms with Crippen molar-refractivity contribution in [1.29, 1.82) is 0 Å². The van der Waals surface area contributed by atoms with Gasteiger partial charge in [-0.3, -0.25) is 4.98 Å². The number of hydrogen-bond acceptors (Lipinski definition) is 3. The van der Waals surface area contributed by atoms with Gasteiger partial charge in [-0.05, 0) is 38.1 Å². The van der Waals surface area contributed by atoms with Crippen LogP contribution < -0.4 is 10.1 Å². The van der Waals surface area contributed by atoms with Crippen LogP contribution in [-0.2, 0) is 0 Å². The summed E-state index contributed by atoms with van der Waals surface area (Å²) in [6, 6.07) is 14.0. The van der Waals surface area contributed by atoms with Crippen LogP contribution in [0, 0.1) is 0 Å². The summed E-state index contributed by atoms with van der Waals surface area (Å²) in [6.07, 6.45) is 1.81. The zero-order valence-electron chi connectivity index (χ0n) is 10.8. The molecule has 0 aliphatic heterocycles. The van der Waals surface area contributed by atoms with E-state index in [1.54, 1.807) is 0 Å². The fourth-order valence-electron chi connectivity index (χ4n) is 1.81. The highest BCUT2D eigenvalue weighted by atomic mass is 16.5. The van der Waals surface area contributed by atoms with Crippen molar-refractivity contribution in [3.05, 3.63) is 54.4 Å². The topological polar surface area (TPSA) is 34.1 Å². The minimum absolute atomic E-state index is 0.146. The molecule has 1 N–H and O–H groups in total. The lowest BCUT2D eigenvalue weighted by Crippen LogP contribution is -2.09. The van der Waals surface area contributed by atoms with Crippen molar-refractivity contribution in [2.24, 2.45) is 0 Å². The van der Waals surface area contributed by atoms with Gasteiger partial charge in [0.1, 0.15) is 5.75 Å². The number of anilines is 1. The van der Waals surface area contributed by atoms with E-state index in [4.69, 9.17) is 4.74 Å². The Balaban J connectivity index is 2.14. The summed E-state index contributed by atoms with van der Waals surface area (Å²) < 4.78 is 5.59. The molecule has 0 aliphatic rings. The maximum Gasteiger partial charge on any atom is 0.142 e. The van der Waals surface area contributed by atoms with Gasteiger partial charge in [-0.2, -0.15) is 0 Å². The highest BCUT2D eigenvalue weighted by Crippen LogP contribution is 2.27. The van der Waals surface area contributed by atoms with Gasteiger partial charge in [-0.1, -0.05) is 18.2 Å². The summed E-state index contributed by atoms with van der Waals surface area (Å²) in [4.78, 5) is 4.35. The predicted molar refractivity (Wildman–Crippen MR) is 73.9 cm³/mol. The first-order valence-corrected chi connectivity index (χ1v) is 6.20. The van der Waals surface area contributed by atoms with Crippen LogP contribution in [0.1, 0.15) is 25.6 Å². The molecule has 0 fully saturated rings. The second-order valence-corrected chi connectivity index (χ2v) is 4.05. The van der Waals surface area contributed by atoms with Gasteiger partial charge in [-0.25, -0.2) is 0 Å². The summed E-state index contributed by atoms with van der Waals surface area (Å²) in [5, 5.41) is 3.42. The average Bonchev–Trinajstić information content (AvgIpc) is 2.42. The highest BCUT2D eigenvalue weighted by Gasteiger charge is 2.09. The molecular formula is C15H18N2O. The maximum atomic E-state index is 5.59. The first-order valence-electron chi connectivity index (χ1n) is 6.20. The lowest BCUT2D eigenvalue weighted by Gasteiger charge is -2.17. The molecule has 0 saturated carbocycles. The van der Waals surface area contributed by atoms with E-state index in [0.717, 1.165) is 17.1 Å². The Bertz CT molecular complexity index is 485. The van der Waals surface area contributed by atoms with E-state index in [0.29, 0.717) is 6.61 Å². The monoisotopic (exact) mass is 242 g/mol. The Morgan fingerprint density at radius 2 is 1.94 bits per heavy atom. The van der Waals surface area contributed by atoms with Gasteiger partial charge in [0.25, 0.3) is 0 Å². The molecular weight excluding hydrogens is 224 g/mol. The minimum Gasteiger partial charge on any atom is -0.492 e. The summed E-state index contributed by atoms with van der Waals surface area (Å²) in [6.45, 7) is 4.74. The fourth-order valence-corrected chi connectivity index (χ4v) is 1.81. The number of para-hydroxylation sites is 2. The predicted octanol–water partition coefficient (Wildman–Crippen LogP) is 3.65. The second kappa shape index (κ2) is 6.05.